The molecule has 0 spiro atoms. The number of nitrogens with one attached hydrogen (secondary N) is 1. The van der Waals surface area contributed by atoms with Crippen LogP contribution in [0.4, 0.5) is 0 Å². The number of H-pyrrole nitrogens is 1. The monoisotopic (exact) mass is 79.0 g/mol. The van der Waals surface area contributed by atoms with Crippen molar-refractivity contribution < 1.29 is 4.89 Å². The Hall–Kier alpha value is -0.725. The van der Waals surface area contributed by atoms with E-state index >= 15 is 0 Å². The normalized spacial score (nSPS) is 7.33. The summed E-state index contributed by atoms with van der Waals surface area (Å²) in [5, 5.41) is 0. The first-order valence-electron chi connectivity index (χ1n) is 1.76. The summed E-state index contributed by atoms with van der Waals surface area (Å²) >= 11 is 0. The molecule has 0 bridgehead atoms. The summed E-state index contributed by atoms with van der Waals surface area (Å²) < 4.78 is 0. The number of hydrogen-bond acceptors (Lipinski definition) is 1. The van der Waals surface area contributed by atoms with Crippen LogP contribution < -0.4 is 4.89 Å². The molecule has 1 aromatic rings. The Morgan fingerprint density at radius 3 is 2.83 bits per heavy atom. The number of aromatic amines is 1. The maximum absolute atomic E-state index is 3.73. The molecule has 0 aliphatic carbocycles. The van der Waals surface area contributed by atoms with Gasteiger partial charge in [0.05, 0.1) is 0 Å². The molecule has 0 atom stereocenters. The molecule has 2 nitrogen and oxygen atoms in total. The fraction of sp³-hybridized carbons (Fsp3) is 0. The standard InChI is InChI=1S/C3H3BN2/c1-2-5-4-6-3-1/h1-3H/p+1. The van der Waals surface area contributed by atoms with E-state index in [1.54, 1.807) is 13.4 Å². The predicted molar refractivity (Wildman–Crippen MR) is 22.1 cm³/mol. The van der Waals surface area contributed by atoms with E-state index in [2.05, 4.69) is 9.78 Å². The van der Waals surface area contributed by atoms with E-state index in [-0.39, 0.29) is 0 Å². The van der Waals surface area contributed by atoms with Crippen LogP contribution in [0.3, 0.4) is 0 Å². The fourth-order valence-electron chi connectivity index (χ4n) is 0.277. The molecule has 0 unspecified atom stereocenters. The molecule has 0 saturated carbocycles. The van der Waals surface area contributed by atoms with Gasteiger partial charge >= 0.3 is 35.4 Å². The van der Waals surface area contributed by atoms with Crippen LogP contribution >= 0.6 is 0 Å². The van der Waals surface area contributed by atoms with Crippen molar-refractivity contribution in [1.82, 2.24) is 4.89 Å². The first-order valence-corrected chi connectivity index (χ1v) is 1.76. The van der Waals surface area contributed by atoms with Gasteiger partial charge in [0.1, 0.15) is 0 Å². The van der Waals surface area contributed by atoms with E-state index in [1.807, 2.05) is 12.3 Å². The minimum atomic E-state index is 1.62. The Kier molecular flexibility index (Phi) is 0.951. The third-order valence-electron chi connectivity index (χ3n) is 0.514. The molecule has 1 rings (SSSR count). The molecule has 28 valence electrons. The SMILES string of the molecule is b1nccc[nH+]1. The molecule has 0 fully saturated rings. The average molecular weight is 78.9 g/mol. The zero-order chi connectivity index (χ0) is 4.24. The second kappa shape index (κ2) is 1.65. The van der Waals surface area contributed by atoms with Gasteiger partial charge in [0.15, 0.2) is 0 Å². The molecule has 1 aromatic heterocycles. The van der Waals surface area contributed by atoms with E-state index in [0.717, 1.165) is 0 Å². The Bertz CT molecular complexity index is 80.7. The average Bonchev–Trinajstić information content (AvgIpc) is 1.72. The quantitative estimate of drug-likeness (QED) is 0.401. The van der Waals surface area contributed by atoms with Gasteiger partial charge in [-0.3, -0.25) is 0 Å². The molecular weight excluding hydrogens is 74.9 g/mol. The number of aromatic nitrogens is 2. The van der Waals surface area contributed by atoms with Gasteiger partial charge in [0, 0.05) is 0 Å². The summed E-state index contributed by atoms with van der Waals surface area (Å²) in [6.07, 6.45) is 3.53. The van der Waals surface area contributed by atoms with Crippen molar-refractivity contribution >= 4 is 7.19 Å². The molecule has 0 radical (unpaired) electrons. The van der Waals surface area contributed by atoms with Crippen molar-refractivity contribution in [2.75, 3.05) is 0 Å². The summed E-state index contributed by atoms with van der Waals surface area (Å²) in [6.45, 7) is 0. The molecule has 1 heterocycles. The predicted octanol–water partition coefficient (Wildman–Crippen LogP) is -0.766. The zero-order valence-corrected chi connectivity index (χ0v) is 3.26. The second-order valence-electron chi connectivity index (χ2n) is 0.953. The fourth-order valence-corrected chi connectivity index (χ4v) is 0.277. The maximum atomic E-state index is 3.73. The summed E-state index contributed by atoms with van der Waals surface area (Å²) in [4.78, 5) is 6.51. The van der Waals surface area contributed by atoms with Crippen molar-refractivity contribution in [3.63, 3.8) is 0 Å². The molecule has 0 aliphatic heterocycles. The van der Waals surface area contributed by atoms with Gasteiger partial charge in [-0.1, -0.05) is 0 Å². The second-order valence-corrected chi connectivity index (χ2v) is 0.953. The van der Waals surface area contributed by atoms with E-state index in [9.17, 15) is 0 Å². The van der Waals surface area contributed by atoms with Crippen LogP contribution in [-0.2, 0) is 0 Å². The summed E-state index contributed by atoms with van der Waals surface area (Å²) in [5.74, 6) is 0. The Morgan fingerprint density at radius 2 is 2.67 bits per heavy atom. The number of rotatable bonds is 0. The molecule has 0 saturated heterocycles. The topological polar surface area (TPSA) is 27.0 Å². The number of nitrogens with zero attached hydrogens (tertiary/aromatic N) is 1. The zero-order valence-electron chi connectivity index (χ0n) is 3.26. The van der Waals surface area contributed by atoms with E-state index < -0.39 is 0 Å². The van der Waals surface area contributed by atoms with Crippen LogP contribution in [0.25, 0.3) is 0 Å². The summed E-state index contributed by atoms with van der Waals surface area (Å²) in [6, 6.07) is 1.83. The molecule has 6 heavy (non-hydrogen) atoms. The van der Waals surface area contributed by atoms with Gasteiger partial charge < -0.3 is 0 Å². The number of hydrogen-bond donors (Lipinski definition) is 0. The first kappa shape index (κ1) is 3.46. The van der Waals surface area contributed by atoms with Gasteiger partial charge in [0.2, 0.25) is 0 Å². The van der Waals surface area contributed by atoms with Crippen LogP contribution in [0.2, 0.25) is 0 Å². The van der Waals surface area contributed by atoms with Crippen LogP contribution in [0.5, 0.6) is 0 Å². The van der Waals surface area contributed by atoms with Crippen molar-refractivity contribution in [3.8, 4) is 0 Å². The Morgan fingerprint density at radius 1 is 1.67 bits per heavy atom. The third-order valence-corrected chi connectivity index (χ3v) is 0.514. The van der Waals surface area contributed by atoms with Gasteiger partial charge in [-0.15, -0.1) is 0 Å². The molecular formula is C3H4BN2+. The Balaban J connectivity index is 3.00. The first-order chi connectivity index (χ1) is 3.00. The summed E-state index contributed by atoms with van der Waals surface area (Å²) in [5.41, 5.74) is 0. The molecule has 0 amide bonds. The third kappa shape index (κ3) is 0.609. The minimum absolute atomic E-state index is 1.62. The molecule has 0 aromatic carbocycles. The van der Waals surface area contributed by atoms with E-state index in [1.165, 1.54) is 0 Å². The molecule has 1 N–H and O–H groups in total. The van der Waals surface area contributed by atoms with E-state index in [0.29, 0.717) is 0 Å². The van der Waals surface area contributed by atoms with E-state index in [4.69, 9.17) is 0 Å². The van der Waals surface area contributed by atoms with Crippen LogP contribution in [0, 0.1) is 0 Å². The van der Waals surface area contributed by atoms with Crippen molar-refractivity contribution in [2.24, 2.45) is 0 Å². The van der Waals surface area contributed by atoms with Crippen LogP contribution in [0.1, 0.15) is 0 Å². The van der Waals surface area contributed by atoms with Gasteiger partial charge in [-0.25, -0.2) is 0 Å². The van der Waals surface area contributed by atoms with Crippen molar-refractivity contribution in [3.05, 3.63) is 18.5 Å². The Labute approximate surface area is 36.5 Å². The van der Waals surface area contributed by atoms with Gasteiger partial charge in [-0.2, -0.15) is 0 Å². The summed E-state index contributed by atoms with van der Waals surface area (Å²) in [7, 11) is 1.62. The van der Waals surface area contributed by atoms with Crippen molar-refractivity contribution in [1.29, 1.82) is 0 Å². The van der Waals surface area contributed by atoms with Crippen LogP contribution in [-0.4, -0.2) is 12.1 Å². The van der Waals surface area contributed by atoms with Gasteiger partial charge in [-0.05, 0) is 0 Å². The van der Waals surface area contributed by atoms with Crippen molar-refractivity contribution in [2.45, 2.75) is 0 Å². The van der Waals surface area contributed by atoms with Gasteiger partial charge in [0.25, 0.3) is 0 Å². The molecule has 3 heteroatoms. The molecule has 0 aliphatic rings. The van der Waals surface area contributed by atoms with Crippen LogP contribution in [0.15, 0.2) is 18.5 Å².